The SMILES string of the molecule is CCOc1cc2occ(-c3ccc(Cl)cc3)c2cc1/C(C)=C/C(=O)NCc1ccc(F)cc1. The van der Waals surface area contributed by atoms with Gasteiger partial charge in [0.15, 0.2) is 0 Å². The maximum Gasteiger partial charge on any atom is 0.244 e. The van der Waals surface area contributed by atoms with Crippen molar-refractivity contribution in [2.75, 3.05) is 6.61 Å². The Bertz CT molecular complexity index is 1310. The number of hydrogen-bond donors (Lipinski definition) is 1. The van der Waals surface area contributed by atoms with Gasteiger partial charge in [0.2, 0.25) is 5.91 Å². The van der Waals surface area contributed by atoms with Crippen LogP contribution in [0, 0.1) is 5.82 Å². The highest BCUT2D eigenvalue weighted by Gasteiger charge is 2.15. The smallest absolute Gasteiger partial charge is 0.244 e. The molecule has 0 saturated heterocycles. The minimum absolute atomic E-state index is 0.246. The first-order valence-corrected chi connectivity index (χ1v) is 11.0. The number of halogens is 2. The average molecular weight is 464 g/mol. The lowest BCUT2D eigenvalue weighted by Gasteiger charge is -2.12. The van der Waals surface area contributed by atoms with E-state index in [2.05, 4.69) is 5.32 Å². The summed E-state index contributed by atoms with van der Waals surface area (Å²) in [5, 5.41) is 4.41. The fraction of sp³-hybridized carbons (Fsp3) is 0.148. The van der Waals surface area contributed by atoms with E-state index in [0.717, 1.165) is 33.2 Å². The second-order valence-corrected chi connectivity index (χ2v) is 8.04. The number of carbonyl (C=O) groups is 1. The lowest BCUT2D eigenvalue weighted by Crippen LogP contribution is -2.20. The number of hydrogen-bond acceptors (Lipinski definition) is 3. The van der Waals surface area contributed by atoms with E-state index in [0.29, 0.717) is 29.5 Å². The number of carbonyl (C=O) groups excluding carboxylic acids is 1. The van der Waals surface area contributed by atoms with Gasteiger partial charge in [0, 0.05) is 40.2 Å². The van der Waals surface area contributed by atoms with Crippen LogP contribution in [-0.4, -0.2) is 12.5 Å². The summed E-state index contributed by atoms with van der Waals surface area (Å²) < 4.78 is 24.7. The van der Waals surface area contributed by atoms with E-state index < -0.39 is 0 Å². The zero-order valence-corrected chi connectivity index (χ0v) is 19.1. The first-order valence-electron chi connectivity index (χ1n) is 10.6. The van der Waals surface area contributed by atoms with Crippen molar-refractivity contribution in [2.24, 2.45) is 0 Å². The Morgan fingerprint density at radius 2 is 1.85 bits per heavy atom. The predicted octanol–water partition coefficient (Wildman–Crippen LogP) is 7.01. The highest BCUT2D eigenvalue weighted by molar-refractivity contribution is 6.30. The molecule has 6 heteroatoms. The van der Waals surface area contributed by atoms with Gasteiger partial charge in [-0.1, -0.05) is 35.9 Å². The summed E-state index contributed by atoms with van der Waals surface area (Å²) in [6.07, 6.45) is 3.25. The van der Waals surface area contributed by atoms with Crippen LogP contribution in [0.2, 0.25) is 5.02 Å². The second kappa shape index (κ2) is 9.92. The third-order valence-corrected chi connectivity index (χ3v) is 5.54. The maximum absolute atomic E-state index is 13.1. The van der Waals surface area contributed by atoms with Gasteiger partial charge in [0.1, 0.15) is 17.1 Å². The lowest BCUT2D eigenvalue weighted by atomic mass is 9.99. The monoisotopic (exact) mass is 463 g/mol. The molecule has 0 spiro atoms. The van der Waals surface area contributed by atoms with E-state index in [4.69, 9.17) is 20.8 Å². The van der Waals surface area contributed by atoms with Crippen LogP contribution in [0.4, 0.5) is 4.39 Å². The third-order valence-electron chi connectivity index (χ3n) is 5.28. The second-order valence-electron chi connectivity index (χ2n) is 7.61. The Labute approximate surface area is 196 Å². The Morgan fingerprint density at radius 3 is 2.55 bits per heavy atom. The molecule has 0 atom stereocenters. The largest absolute Gasteiger partial charge is 0.493 e. The summed E-state index contributed by atoms with van der Waals surface area (Å²) in [7, 11) is 0. The maximum atomic E-state index is 13.1. The molecule has 0 unspecified atom stereocenters. The van der Waals surface area contributed by atoms with Gasteiger partial charge in [-0.15, -0.1) is 0 Å². The Morgan fingerprint density at radius 1 is 1.12 bits per heavy atom. The molecule has 4 rings (SSSR count). The van der Waals surface area contributed by atoms with Crippen molar-refractivity contribution in [3.63, 3.8) is 0 Å². The van der Waals surface area contributed by atoms with Crippen LogP contribution >= 0.6 is 11.6 Å². The van der Waals surface area contributed by atoms with Crippen molar-refractivity contribution in [3.05, 3.63) is 95.0 Å². The molecule has 0 fully saturated rings. The molecular formula is C27H23ClFNO3. The Kier molecular flexibility index (Phi) is 6.80. The molecule has 168 valence electrons. The number of furan rings is 1. The van der Waals surface area contributed by atoms with Crippen LogP contribution in [0.25, 0.3) is 27.7 Å². The molecule has 0 radical (unpaired) electrons. The predicted molar refractivity (Wildman–Crippen MR) is 130 cm³/mol. The van der Waals surface area contributed by atoms with Gasteiger partial charge in [-0.25, -0.2) is 4.39 Å². The zero-order chi connectivity index (χ0) is 23.4. The topological polar surface area (TPSA) is 51.5 Å². The van der Waals surface area contributed by atoms with Crippen molar-refractivity contribution in [3.8, 4) is 16.9 Å². The van der Waals surface area contributed by atoms with Crippen LogP contribution in [0.3, 0.4) is 0 Å². The van der Waals surface area contributed by atoms with Crippen molar-refractivity contribution in [2.45, 2.75) is 20.4 Å². The van der Waals surface area contributed by atoms with Crippen molar-refractivity contribution >= 4 is 34.1 Å². The molecule has 1 N–H and O–H groups in total. The van der Waals surface area contributed by atoms with Crippen LogP contribution in [0.1, 0.15) is 25.0 Å². The average Bonchev–Trinajstić information content (AvgIpc) is 3.21. The highest BCUT2D eigenvalue weighted by atomic mass is 35.5. The molecule has 1 heterocycles. The van der Waals surface area contributed by atoms with Gasteiger partial charge in [-0.05, 0) is 60.9 Å². The molecule has 0 aliphatic rings. The van der Waals surface area contributed by atoms with Gasteiger partial charge in [-0.2, -0.15) is 0 Å². The molecule has 4 aromatic rings. The number of fused-ring (bicyclic) bond motifs is 1. The van der Waals surface area contributed by atoms with Gasteiger partial charge >= 0.3 is 0 Å². The normalized spacial score (nSPS) is 11.6. The van der Waals surface area contributed by atoms with E-state index in [1.807, 2.05) is 50.2 Å². The minimum atomic E-state index is -0.308. The van der Waals surface area contributed by atoms with Gasteiger partial charge < -0.3 is 14.5 Å². The molecule has 0 bridgehead atoms. The van der Waals surface area contributed by atoms with E-state index in [-0.39, 0.29) is 11.7 Å². The van der Waals surface area contributed by atoms with Crippen molar-refractivity contribution < 1.29 is 18.3 Å². The fourth-order valence-corrected chi connectivity index (χ4v) is 3.73. The minimum Gasteiger partial charge on any atom is -0.493 e. The molecule has 0 aliphatic carbocycles. The van der Waals surface area contributed by atoms with E-state index in [1.165, 1.54) is 18.2 Å². The molecular weight excluding hydrogens is 441 g/mol. The van der Waals surface area contributed by atoms with Crippen LogP contribution < -0.4 is 10.1 Å². The molecule has 0 saturated carbocycles. The molecule has 33 heavy (non-hydrogen) atoms. The number of benzene rings is 3. The molecule has 4 nitrogen and oxygen atoms in total. The number of rotatable bonds is 7. The summed E-state index contributed by atoms with van der Waals surface area (Å²) in [4.78, 5) is 12.5. The van der Waals surface area contributed by atoms with E-state index in [1.54, 1.807) is 18.4 Å². The molecule has 0 aliphatic heterocycles. The van der Waals surface area contributed by atoms with E-state index >= 15 is 0 Å². The summed E-state index contributed by atoms with van der Waals surface area (Å²) in [5.41, 5.74) is 4.98. The fourth-order valence-electron chi connectivity index (χ4n) is 3.61. The summed E-state index contributed by atoms with van der Waals surface area (Å²) in [6.45, 7) is 4.56. The molecule has 3 aromatic carbocycles. The standard InChI is InChI=1S/C27H23ClFNO3/c1-3-32-25-14-26-23(24(16-33-26)19-6-8-20(28)9-7-19)13-22(25)17(2)12-27(31)30-15-18-4-10-21(29)11-5-18/h4-14,16H,3,15H2,1-2H3,(H,30,31)/b17-12+. The first-order chi connectivity index (χ1) is 15.9. The number of nitrogens with one attached hydrogen (secondary N) is 1. The summed E-state index contributed by atoms with van der Waals surface area (Å²) in [6, 6.07) is 17.4. The molecule has 1 amide bonds. The first kappa shape index (κ1) is 22.6. The lowest BCUT2D eigenvalue weighted by molar-refractivity contribution is -0.116. The van der Waals surface area contributed by atoms with Gasteiger partial charge in [0.05, 0.1) is 12.9 Å². The summed E-state index contributed by atoms with van der Waals surface area (Å²) in [5.74, 6) is 0.0865. The number of amides is 1. The molecule has 1 aromatic heterocycles. The van der Waals surface area contributed by atoms with Gasteiger partial charge in [0.25, 0.3) is 0 Å². The van der Waals surface area contributed by atoms with Crippen LogP contribution in [0.15, 0.2) is 77.4 Å². The number of ether oxygens (including phenoxy) is 1. The quantitative estimate of drug-likeness (QED) is 0.300. The van der Waals surface area contributed by atoms with E-state index in [9.17, 15) is 9.18 Å². The van der Waals surface area contributed by atoms with Crippen LogP contribution in [-0.2, 0) is 11.3 Å². The van der Waals surface area contributed by atoms with Gasteiger partial charge in [-0.3, -0.25) is 4.79 Å². The Hall–Kier alpha value is -3.57. The third kappa shape index (κ3) is 5.26. The summed E-state index contributed by atoms with van der Waals surface area (Å²) >= 11 is 6.03. The van der Waals surface area contributed by atoms with Crippen LogP contribution in [0.5, 0.6) is 5.75 Å². The zero-order valence-electron chi connectivity index (χ0n) is 18.3. The van der Waals surface area contributed by atoms with Crippen molar-refractivity contribution in [1.29, 1.82) is 0 Å². The Balaban J connectivity index is 1.64. The number of allylic oxidation sites excluding steroid dienone is 1. The highest BCUT2D eigenvalue weighted by Crippen LogP contribution is 2.37. The van der Waals surface area contributed by atoms with Crippen molar-refractivity contribution in [1.82, 2.24) is 5.32 Å².